The molecule has 11 nitrogen and oxygen atoms in total. The number of alkyl halides is 1. The Balaban J connectivity index is 1.05. The minimum atomic E-state index is -5.01. The van der Waals surface area contributed by atoms with Crippen molar-refractivity contribution >= 4 is 46.7 Å². The molecule has 14 heteroatoms. The Bertz CT molecular complexity index is 2010. The highest BCUT2D eigenvalue weighted by Crippen LogP contribution is 2.55. The van der Waals surface area contributed by atoms with Crippen molar-refractivity contribution in [1.82, 2.24) is 20.0 Å². The summed E-state index contributed by atoms with van der Waals surface area (Å²) < 4.78 is 26.7. The molecule has 3 aliphatic heterocycles. The summed E-state index contributed by atoms with van der Waals surface area (Å²) in [6.45, 7) is 0.629. The molecule has 3 amide bonds. The Labute approximate surface area is 312 Å². The molecule has 5 aliphatic rings. The summed E-state index contributed by atoms with van der Waals surface area (Å²) >= 11 is 1.15. The van der Waals surface area contributed by atoms with Crippen LogP contribution in [0.1, 0.15) is 96.8 Å². The maximum atomic E-state index is 14.7. The van der Waals surface area contributed by atoms with E-state index in [0.717, 1.165) is 49.9 Å². The first-order chi connectivity index (χ1) is 25.3. The molecular formula is C39H45FN5O6PS. The van der Waals surface area contributed by atoms with Gasteiger partial charge in [-0.2, -0.15) is 5.26 Å². The molecule has 8 rings (SSSR count). The number of thiophene rings is 1. The summed E-state index contributed by atoms with van der Waals surface area (Å²) in [6.07, 6.45) is 7.49. The number of hydrogen-bond donors (Lipinski definition) is 3. The van der Waals surface area contributed by atoms with E-state index in [4.69, 9.17) is 0 Å². The largest absolute Gasteiger partial charge is 0.363 e. The fourth-order valence-electron chi connectivity index (χ4n) is 9.48. The molecule has 6 atom stereocenters. The summed E-state index contributed by atoms with van der Waals surface area (Å²) in [4.78, 5) is 68.3. The summed E-state index contributed by atoms with van der Waals surface area (Å²) in [5, 5.41) is 12.9. The molecule has 2 saturated carbocycles. The van der Waals surface area contributed by atoms with E-state index in [1.807, 2.05) is 18.2 Å². The summed E-state index contributed by atoms with van der Waals surface area (Å²) in [7, 11) is -2.92. The molecule has 3 N–H and O–H groups in total. The van der Waals surface area contributed by atoms with Gasteiger partial charge in [-0.05, 0) is 106 Å². The first-order valence-electron chi connectivity index (χ1n) is 18.7. The number of nitrogens with one attached hydrogen (secondary N) is 1. The number of halogens is 1. The van der Waals surface area contributed by atoms with Gasteiger partial charge in [-0.3, -0.25) is 18.9 Å². The van der Waals surface area contributed by atoms with Crippen molar-refractivity contribution in [2.45, 2.75) is 112 Å². The Kier molecular flexibility index (Phi) is 9.51. The molecule has 1 aromatic heterocycles. The second kappa shape index (κ2) is 13.9. The van der Waals surface area contributed by atoms with Crippen molar-refractivity contribution in [3.05, 3.63) is 70.6 Å². The van der Waals surface area contributed by atoms with Gasteiger partial charge in [0.25, 0.3) is 5.91 Å². The summed E-state index contributed by atoms with van der Waals surface area (Å²) in [6, 6.07) is 17.1. The van der Waals surface area contributed by atoms with Gasteiger partial charge in [-0.15, -0.1) is 11.3 Å². The predicted octanol–water partition coefficient (Wildman–Crippen LogP) is 5.84. The van der Waals surface area contributed by atoms with Crippen LogP contribution in [-0.4, -0.2) is 91.5 Å². The van der Waals surface area contributed by atoms with Crippen LogP contribution in [0.5, 0.6) is 0 Å². The molecular weight excluding hydrogens is 716 g/mol. The monoisotopic (exact) mass is 761 g/mol. The van der Waals surface area contributed by atoms with Crippen LogP contribution in [0.15, 0.2) is 54.6 Å². The van der Waals surface area contributed by atoms with E-state index in [0.29, 0.717) is 42.3 Å². The molecule has 0 unspecified atom stereocenters. The molecule has 5 fully saturated rings. The first-order valence-corrected chi connectivity index (χ1v) is 21.2. The normalized spacial score (nSPS) is 30.0. The van der Waals surface area contributed by atoms with Gasteiger partial charge < -0.3 is 29.8 Å². The van der Waals surface area contributed by atoms with E-state index < -0.39 is 31.5 Å². The van der Waals surface area contributed by atoms with Gasteiger partial charge in [0.15, 0.2) is 0 Å². The number of benzene rings is 2. The number of rotatable bonds is 8. The van der Waals surface area contributed by atoms with Crippen molar-refractivity contribution in [1.29, 1.82) is 5.26 Å². The molecule has 4 heterocycles. The van der Waals surface area contributed by atoms with E-state index in [2.05, 4.69) is 40.4 Å². The molecule has 280 valence electrons. The topological polar surface area (TPSA) is 154 Å². The lowest BCUT2D eigenvalue weighted by atomic mass is 9.79. The molecule has 3 saturated heterocycles. The van der Waals surface area contributed by atoms with Crippen LogP contribution in [0.4, 0.5) is 4.39 Å². The number of likely N-dealkylation sites (tertiary alicyclic amines) is 1. The second-order valence-corrected chi connectivity index (χ2v) is 18.6. The van der Waals surface area contributed by atoms with Gasteiger partial charge in [0, 0.05) is 46.7 Å². The average Bonchev–Trinajstić information content (AvgIpc) is 3.42. The van der Waals surface area contributed by atoms with Crippen LogP contribution in [0, 0.1) is 17.2 Å². The third-order valence-electron chi connectivity index (χ3n) is 12.7. The maximum absolute atomic E-state index is 14.7. The lowest BCUT2D eigenvalue weighted by Gasteiger charge is -2.46. The van der Waals surface area contributed by atoms with Crippen molar-refractivity contribution in [2.75, 3.05) is 13.6 Å². The van der Waals surface area contributed by atoms with Gasteiger partial charge in [0.2, 0.25) is 17.7 Å². The quantitative estimate of drug-likeness (QED) is 0.242. The molecule has 3 aromatic rings. The highest BCUT2D eigenvalue weighted by atomic mass is 32.1. The van der Waals surface area contributed by atoms with E-state index in [-0.39, 0.29) is 57.8 Å². The Morgan fingerprint density at radius 2 is 1.81 bits per heavy atom. The zero-order valence-corrected chi connectivity index (χ0v) is 31.4. The standard InChI is InChI=1S/C39H45FN5O6PS/c1-43(30-15-23(16-30)21-41)28-8-10-31(42-36(46)34-18-26-17-25(7-12-33(26)53-34)35(40)52(49,50)51)37(47)45-29(19-28)9-11-32(45)38(48)44-22-27(20-39(44)13-14-39)24-5-3-2-4-6-24/h2-7,12,17-18,23,27-32,35H,8-11,13-16,19-20,22H2,1H3,(H,42,46)(H2,49,50,51)/t23?,27-,28+,29-,30?,31+,32+,35-/m1/s1. The minimum Gasteiger partial charge on any atom is -0.340 e. The zero-order valence-electron chi connectivity index (χ0n) is 29.6. The highest BCUT2D eigenvalue weighted by Gasteiger charge is 2.58. The first kappa shape index (κ1) is 36.3. The van der Waals surface area contributed by atoms with Crippen molar-refractivity contribution < 1.29 is 33.1 Å². The number of hydrogen-bond acceptors (Lipinski definition) is 7. The van der Waals surface area contributed by atoms with E-state index in [1.54, 1.807) is 11.0 Å². The van der Waals surface area contributed by atoms with Crippen LogP contribution >= 0.6 is 18.9 Å². The van der Waals surface area contributed by atoms with Crippen molar-refractivity contribution in [3.8, 4) is 6.07 Å². The SMILES string of the molecule is CN(C1CC(C#N)C1)[C@H]1CC[C@H](NC(=O)c2cc3cc([C@H](F)P(=O)(O)O)ccc3s2)C(=O)N2[C@H](CC[C@H]2C(=O)N2C[C@H](c3ccccc3)CC23CC3)C1. The average molecular weight is 762 g/mol. The van der Waals surface area contributed by atoms with Crippen LogP contribution in [-0.2, 0) is 14.2 Å². The minimum absolute atomic E-state index is 0.00461. The third-order valence-corrected chi connectivity index (χ3v) is 14.7. The molecule has 53 heavy (non-hydrogen) atoms. The van der Waals surface area contributed by atoms with Crippen LogP contribution in [0.25, 0.3) is 10.1 Å². The summed E-state index contributed by atoms with van der Waals surface area (Å²) in [5.41, 5.74) is 0.895. The van der Waals surface area contributed by atoms with E-state index in [9.17, 15) is 38.4 Å². The second-order valence-electron chi connectivity index (χ2n) is 15.9. The third kappa shape index (κ3) is 6.82. The number of amides is 3. The van der Waals surface area contributed by atoms with Gasteiger partial charge in [0.1, 0.15) is 12.1 Å². The van der Waals surface area contributed by atoms with Crippen LogP contribution in [0.3, 0.4) is 0 Å². The molecule has 0 radical (unpaired) electrons. The van der Waals surface area contributed by atoms with E-state index >= 15 is 0 Å². The van der Waals surface area contributed by atoms with Gasteiger partial charge in [0.05, 0.1) is 10.9 Å². The lowest BCUT2D eigenvalue weighted by Crippen LogP contribution is -2.59. The predicted molar refractivity (Wildman–Crippen MR) is 198 cm³/mol. The van der Waals surface area contributed by atoms with E-state index in [1.165, 1.54) is 23.8 Å². The number of carbonyl (C=O) groups excluding carboxylic acids is 3. The van der Waals surface area contributed by atoms with Gasteiger partial charge >= 0.3 is 7.60 Å². The van der Waals surface area contributed by atoms with Crippen LogP contribution in [0.2, 0.25) is 0 Å². The lowest BCUT2D eigenvalue weighted by molar-refractivity contribution is -0.148. The Hall–Kier alpha value is -3.66. The highest BCUT2D eigenvalue weighted by molar-refractivity contribution is 7.51. The fraction of sp³-hybridized carbons (Fsp3) is 0.538. The van der Waals surface area contributed by atoms with Crippen molar-refractivity contribution in [3.63, 3.8) is 0 Å². The number of carbonyl (C=O) groups is 3. The molecule has 1 spiro atoms. The number of nitrogens with zero attached hydrogens (tertiary/aromatic N) is 4. The Morgan fingerprint density at radius 1 is 1.06 bits per heavy atom. The van der Waals surface area contributed by atoms with Gasteiger partial charge in [-0.1, -0.05) is 36.4 Å². The molecule has 0 bridgehead atoms. The number of nitriles is 1. The maximum Gasteiger partial charge on any atom is 0.363 e. The van der Waals surface area contributed by atoms with Gasteiger partial charge in [-0.25, -0.2) is 4.39 Å². The summed E-state index contributed by atoms with van der Waals surface area (Å²) in [5.74, 6) is -2.89. The van der Waals surface area contributed by atoms with Crippen LogP contribution < -0.4 is 5.32 Å². The fourth-order valence-corrected chi connectivity index (χ4v) is 11.0. The smallest absolute Gasteiger partial charge is 0.340 e. The number of fused-ring (bicyclic) bond motifs is 2. The Morgan fingerprint density at radius 3 is 2.51 bits per heavy atom. The molecule has 2 aromatic carbocycles. The van der Waals surface area contributed by atoms with Crippen molar-refractivity contribution in [2.24, 2.45) is 5.92 Å². The zero-order chi connectivity index (χ0) is 37.2. The molecule has 2 aliphatic carbocycles.